The molecule has 0 unspecified atom stereocenters. The first kappa shape index (κ1) is 12.2. The fraction of sp³-hybridized carbons (Fsp3) is 0.250. The van der Waals surface area contributed by atoms with Crippen LogP contribution in [0.15, 0.2) is 17.2 Å². The number of halogens is 1. The molecule has 10 heteroatoms. The Morgan fingerprint density at radius 3 is 2.94 bits per heavy atom. The van der Waals surface area contributed by atoms with Gasteiger partial charge in [0, 0.05) is 13.0 Å². The summed E-state index contributed by atoms with van der Waals surface area (Å²) in [7, 11) is 0. The number of aromatic nitrogens is 4. The molecular weight excluding hydrogens is 264 g/mol. The fourth-order valence-corrected chi connectivity index (χ4v) is 1.45. The van der Waals surface area contributed by atoms with Gasteiger partial charge in [-0.2, -0.15) is 4.98 Å². The molecule has 0 aromatic carbocycles. The summed E-state index contributed by atoms with van der Waals surface area (Å²) >= 11 is 5.63. The van der Waals surface area contributed by atoms with Gasteiger partial charge in [0.05, 0.1) is 4.92 Å². The predicted octanol–water partition coefficient (Wildman–Crippen LogP) is 1.08. The maximum atomic E-state index is 10.8. The molecule has 9 nitrogen and oxygen atoms in total. The minimum atomic E-state index is -0.640. The Balaban J connectivity index is 2.05. The number of hydrogen-bond acceptors (Lipinski definition) is 8. The van der Waals surface area contributed by atoms with Gasteiger partial charge in [-0.15, -0.1) is 0 Å². The minimum absolute atomic E-state index is 0.0588. The van der Waals surface area contributed by atoms with Crippen LogP contribution < -0.4 is 5.32 Å². The number of anilines is 1. The van der Waals surface area contributed by atoms with E-state index in [9.17, 15) is 10.1 Å². The molecule has 2 aromatic heterocycles. The first-order valence-corrected chi connectivity index (χ1v) is 5.20. The van der Waals surface area contributed by atoms with Crippen LogP contribution in [0.1, 0.15) is 5.82 Å². The van der Waals surface area contributed by atoms with Crippen molar-refractivity contribution in [2.75, 3.05) is 11.9 Å². The molecule has 0 saturated carbocycles. The lowest BCUT2D eigenvalue weighted by Crippen LogP contribution is -2.10. The summed E-state index contributed by atoms with van der Waals surface area (Å²) < 4.78 is 4.55. The molecule has 2 aromatic rings. The summed E-state index contributed by atoms with van der Waals surface area (Å²) in [5.74, 6) is 0.550. The Morgan fingerprint density at radius 2 is 2.28 bits per heavy atom. The summed E-state index contributed by atoms with van der Waals surface area (Å²) in [6.07, 6.45) is 2.79. The van der Waals surface area contributed by atoms with Crippen molar-refractivity contribution in [3.05, 3.63) is 33.8 Å². The van der Waals surface area contributed by atoms with Gasteiger partial charge in [-0.1, -0.05) is 16.8 Å². The van der Waals surface area contributed by atoms with Crippen molar-refractivity contribution < 1.29 is 9.45 Å². The molecule has 18 heavy (non-hydrogen) atoms. The quantitative estimate of drug-likeness (QED) is 0.487. The zero-order valence-electron chi connectivity index (χ0n) is 8.91. The highest BCUT2D eigenvalue weighted by atomic mass is 35.5. The Labute approximate surface area is 105 Å². The van der Waals surface area contributed by atoms with E-state index in [4.69, 9.17) is 11.6 Å². The second-order valence-electron chi connectivity index (χ2n) is 3.14. The molecule has 0 saturated heterocycles. The van der Waals surface area contributed by atoms with E-state index in [2.05, 4.69) is 29.9 Å². The van der Waals surface area contributed by atoms with E-state index < -0.39 is 4.92 Å². The van der Waals surface area contributed by atoms with Crippen LogP contribution in [0.4, 0.5) is 11.5 Å². The van der Waals surface area contributed by atoms with Crippen molar-refractivity contribution in [2.45, 2.75) is 6.42 Å². The van der Waals surface area contributed by atoms with Gasteiger partial charge >= 0.3 is 5.69 Å². The number of nitrogens with zero attached hydrogens (tertiary/aromatic N) is 5. The fourth-order valence-electron chi connectivity index (χ4n) is 1.24. The van der Waals surface area contributed by atoms with E-state index in [1.54, 1.807) is 0 Å². The Kier molecular flexibility index (Phi) is 3.63. The normalized spacial score (nSPS) is 10.3. The summed E-state index contributed by atoms with van der Waals surface area (Å²) in [4.78, 5) is 21.3. The van der Waals surface area contributed by atoms with E-state index in [-0.39, 0.29) is 16.7 Å². The number of rotatable bonds is 5. The molecule has 94 valence electrons. The van der Waals surface area contributed by atoms with Crippen LogP contribution in [0.3, 0.4) is 0 Å². The van der Waals surface area contributed by atoms with Gasteiger partial charge in [0.25, 0.3) is 0 Å². The summed E-state index contributed by atoms with van der Waals surface area (Å²) in [5, 5.41) is 17.0. The lowest BCUT2D eigenvalue weighted by Gasteiger charge is -2.04. The second kappa shape index (κ2) is 5.36. The molecule has 0 atom stereocenters. The monoisotopic (exact) mass is 270 g/mol. The Bertz CT molecular complexity index is 546. The van der Waals surface area contributed by atoms with Gasteiger partial charge in [-0.05, 0) is 0 Å². The van der Waals surface area contributed by atoms with Crippen LogP contribution in [-0.2, 0) is 6.42 Å². The number of nitrogens with one attached hydrogen (secondary N) is 1. The smallest absolute Gasteiger partial charge is 0.348 e. The lowest BCUT2D eigenvalue weighted by atomic mass is 10.4. The molecule has 0 bridgehead atoms. The first-order valence-electron chi connectivity index (χ1n) is 4.82. The summed E-state index contributed by atoms with van der Waals surface area (Å²) in [5.41, 5.74) is -0.354. The Morgan fingerprint density at radius 1 is 1.44 bits per heavy atom. The van der Waals surface area contributed by atoms with Gasteiger partial charge in [-0.25, -0.2) is 9.97 Å². The van der Waals surface area contributed by atoms with Crippen LogP contribution in [0.25, 0.3) is 0 Å². The Hall–Kier alpha value is -2.29. The van der Waals surface area contributed by atoms with E-state index in [0.29, 0.717) is 18.8 Å². The maximum Gasteiger partial charge on any atom is 0.348 e. The van der Waals surface area contributed by atoms with Crippen molar-refractivity contribution in [3.8, 4) is 0 Å². The lowest BCUT2D eigenvalue weighted by molar-refractivity contribution is -0.384. The second-order valence-corrected chi connectivity index (χ2v) is 3.50. The molecule has 0 radical (unpaired) electrons. The van der Waals surface area contributed by atoms with Crippen molar-refractivity contribution in [1.29, 1.82) is 0 Å². The number of nitro groups is 1. The highest BCUT2D eigenvalue weighted by Crippen LogP contribution is 2.27. The van der Waals surface area contributed by atoms with Crippen molar-refractivity contribution in [2.24, 2.45) is 0 Å². The van der Waals surface area contributed by atoms with E-state index in [0.717, 1.165) is 6.33 Å². The highest BCUT2D eigenvalue weighted by molar-refractivity contribution is 6.31. The minimum Gasteiger partial charge on any atom is -0.364 e. The molecule has 0 spiro atoms. The zero-order chi connectivity index (χ0) is 13.0. The van der Waals surface area contributed by atoms with E-state index >= 15 is 0 Å². The molecule has 0 amide bonds. The summed E-state index contributed by atoms with van der Waals surface area (Å²) in [6, 6.07) is 0. The largest absolute Gasteiger partial charge is 0.364 e. The van der Waals surface area contributed by atoms with Gasteiger partial charge in [0.2, 0.25) is 17.4 Å². The van der Waals surface area contributed by atoms with Crippen LogP contribution in [-0.4, -0.2) is 31.6 Å². The number of hydrogen-bond donors (Lipinski definition) is 1. The van der Waals surface area contributed by atoms with Crippen LogP contribution >= 0.6 is 11.6 Å². The van der Waals surface area contributed by atoms with Gasteiger partial charge in [0.1, 0.15) is 6.33 Å². The third kappa shape index (κ3) is 2.69. The topological polar surface area (TPSA) is 120 Å². The molecule has 0 aliphatic heterocycles. The van der Waals surface area contributed by atoms with Crippen molar-refractivity contribution in [1.82, 2.24) is 20.1 Å². The molecule has 0 aliphatic rings. The van der Waals surface area contributed by atoms with Crippen LogP contribution in [0.5, 0.6) is 0 Å². The SMILES string of the molecule is O=[N+]([O-])c1c(Cl)ncnc1NCCc1ncon1. The standard InChI is InChI=1S/C8H7ClN6O3/c9-7-6(15(16)17)8(12-3-11-7)10-2-1-5-13-4-18-14-5/h3-4H,1-2H2,(H,10,11,12). The molecule has 0 fully saturated rings. The van der Waals surface area contributed by atoms with E-state index in [1.807, 2.05) is 0 Å². The van der Waals surface area contributed by atoms with Crippen molar-refractivity contribution >= 4 is 23.1 Å². The first-order chi connectivity index (χ1) is 8.68. The van der Waals surface area contributed by atoms with Crippen LogP contribution in [0, 0.1) is 10.1 Å². The highest BCUT2D eigenvalue weighted by Gasteiger charge is 2.21. The van der Waals surface area contributed by atoms with Gasteiger partial charge in [-0.3, -0.25) is 10.1 Å². The molecule has 2 rings (SSSR count). The molecule has 0 aliphatic carbocycles. The van der Waals surface area contributed by atoms with Gasteiger partial charge < -0.3 is 9.84 Å². The molecule has 1 N–H and O–H groups in total. The van der Waals surface area contributed by atoms with Gasteiger partial charge in [0.15, 0.2) is 5.82 Å². The average molecular weight is 271 g/mol. The van der Waals surface area contributed by atoms with Crippen molar-refractivity contribution in [3.63, 3.8) is 0 Å². The average Bonchev–Trinajstić information content (AvgIpc) is 2.81. The third-order valence-corrected chi connectivity index (χ3v) is 2.28. The summed E-state index contributed by atoms with van der Waals surface area (Å²) in [6.45, 7) is 0.355. The third-order valence-electron chi connectivity index (χ3n) is 2.01. The van der Waals surface area contributed by atoms with Crippen LogP contribution in [0.2, 0.25) is 5.15 Å². The molecule has 2 heterocycles. The zero-order valence-corrected chi connectivity index (χ0v) is 9.66. The van der Waals surface area contributed by atoms with E-state index in [1.165, 1.54) is 6.39 Å². The maximum absolute atomic E-state index is 10.8. The molecular formula is C8H7ClN6O3. The predicted molar refractivity (Wildman–Crippen MR) is 60.2 cm³/mol.